The smallest absolute Gasteiger partial charge is 0.253 e. The molecular weight excluding hydrogens is 190 g/mol. The van der Waals surface area contributed by atoms with E-state index in [0.717, 1.165) is 38.0 Å². The number of nitrogens with zero attached hydrogens (tertiary/aromatic N) is 1. The topological polar surface area (TPSA) is 31.2 Å². The van der Waals surface area contributed by atoms with Gasteiger partial charge in [0.2, 0.25) is 0 Å². The molecule has 3 heteroatoms. The SMILES string of the molecule is Cc1cccn(CCC2CCCO2)c1=O. The zero-order valence-electron chi connectivity index (χ0n) is 9.11. The molecule has 3 nitrogen and oxygen atoms in total. The molecule has 0 aromatic carbocycles. The van der Waals surface area contributed by atoms with E-state index >= 15 is 0 Å². The summed E-state index contributed by atoms with van der Waals surface area (Å²) in [5.41, 5.74) is 0.931. The highest BCUT2D eigenvalue weighted by Gasteiger charge is 2.15. The van der Waals surface area contributed by atoms with Gasteiger partial charge in [0.25, 0.3) is 5.56 Å². The van der Waals surface area contributed by atoms with E-state index in [1.807, 2.05) is 25.3 Å². The number of hydrogen-bond donors (Lipinski definition) is 0. The van der Waals surface area contributed by atoms with Crippen LogP contribution in [0.2, 0.25) is 0 Å². The molecule has 1 fully saturated rings. The van der Waals surface area contributed by atoms with Crippen molar-refractivity contribution in [1.29, 1.82) is 0 Å². The van der Waals surface area contributed by atoms with E-state index in [9.17, 15) is 4.79 Å². The first kappa shape index (κ1) is 10.4. The maximum atomic E-state index is 11.7. The Bertz CT molecular complexity index is 377. The Kier molecular flexibility index (Phi) is 3.21. The summed E-state index contributed by atoms with van der Waals surface area (Å²) in [4.78, 5) is 11.7. The predicted molar refractivity (Wildman–Crippen MR) is 59.0 cm³/mol. The third-order valence-electron chi connectivity index (χ3n) is 2.93. The van der Waals surface area contributed by atoms with E-state index in [1.54, 1.807) is 4.57 Å². The van der Waals surface area contributed by atoms with E-state index in [1.165, 1.54) is 0 Å². The van der Waals surface area contributed by atoms with Crippen LogP contribution >= 0.6 is 0 Å². The van der Waals surface area contributed by atoms with Crippen LogP contribution in [0.5, 0.6) is 0 Å². The van der Waals surface area contributed by atoms with Crippen LogP contribution in [-0.2, 0) is 11.3 Å². The van der Waals surface area contributed by atoms with Crippen molar-refractivity contribution in [3.05, 3.63) is 34.2 Å². The van der Waals surface area contributed by atoms with E-state index in [0.29, 0.717) is 6.10 Å². The molecule has 1 aliphatic rings. The fraction of sp³-hybridized carbons (Fsp3) is 0.583. The molecule has 0 saturated carbocycles. The van der Waals surface area contributed by atoms with Gasteiger partial charge in [-0.25, -0.2) is 0 Å². The van der Waals surface area contributed by atoms with Crippen LogP contribution in [0.25, 0.3) is 0 Å². The van der Waals surface area contributed by atoms with Crippen molar-refractivity contribution in [3.63, 3.8) is 0 Å². The summed E-state index contributed by atoms with van der Waals surface area (Å²) in [6, 6.07) is 3.77. The molecule has 1 aromatic heterocycles. The molecule has 0 aliphatic carbocycles. The largest absolute Gasteiger partial charge is 0.378 e. The molecule has 0 amide bonds. The second-order valence-corrected chi connectivity index (χ2v) is 4.11. The molecule has 1 aromatic rings. The van der Waals surface area contributed by atoms with Gasteiger partial charge in [-0.1, -0.05) is 6.07 Å². The Morgan fingerprint density at radius 1 is 1.60 bits per heavy atom. The molecule has 0 radical (unpaired) electrons. The van der Waals surface area contributed by atoms with Gasteiger partial charge in [0.05, 0.1) is 6.10 Å². The minimum Gasteiger partial charge on any atom is -0.378 e. The minimum absolute atomic E-state index is 0.121. The van der Waals surface area contributed by atoms with Crippen molar-refractivity contribution in [2.75, 3.05) is 6.61 Å². The first-order valence-electron chi connectivity index (χ1n) is 5.55. The lowest BCUT2D eigenvalue weighted by Crippen LogP contribution is -2.23. The van der Waals surface area contributed by atoms with Crippen molar-refractivity contribution < 1.29 is 4.74 Å². The molecule has 1 unspecified atom stereocenters. The van der Waals surface area contributed by atoms with Crippen molar-refractivity contribution in [3.8, 4) is 0 Å². The van der Waals surface area contributed by atoms with Crippen LogP contribution in [0.4, 0.5) is 0 Å². The Morgan fingerprint density at radius 3 is 3.20 bits per heavy atom. The summed E-state index contributed by atoms with van der Waals surface area (Å²) in [7, 11) is 0. The van der Waals surface area contributed by atoms with E-state index < -0.39 is 0 Å². The molecule has 0 spiro atoms. The fourth-order valence-electron chi connectivity index (χ4n) is 1.99. The molecule has 1 atom stereocenters. The summed E-state index contributed by atoms with van der Waals surface area (Å²) in [5, 5.41) is 0. The Balaban J connectivity index is 1.98. The molecule has 1 aliphatic heterocycles. The molecular formula is C12H17NO2. The number of rotatable bonds is 3. The van der Waals surface area contributed by atoms with Gasteiger partial charge < -0.3 is 9.30 Å². The lowest BCUT2D eigenvalue weighted by molar-refractivity contribution is 0.100. The lowest BCUT2D eigenvalue weighted by Gasteiger charge is -2.10. The van der Waals surface area contributed by atoms with Gasteiger partial charge in [0.1, 0.15) is 0 Å². The van der Waals surface area contributed by atoms with E-state index in [4.69, 9.17) is 4.74 Å². The zero-order valence-corrected chi connectivity index (χ0v) is 9.11. The van der Waals surface area contributed by atoms with Gasteiger partial charge in [0, 0.05) is 24.9 Å². The maximum Gasteiger partial charge on any atom is 0.253 e. The fourth-order valence-corrected chi connectivity index (χ4v) is 1.99. The van der Waals surface area contributed by atoms with Gasteiger partial charge in [0.15, 0.2) is 0 Å². The van der Waals surface area contributed by atoms with Gasteiger partial charge in [-0.15, -0.1) is 0 Å². The normalized spacial score (nSPS) is 20.7. The summed E-state index contributed by atoms with van der Waals surface area (Å²) in [5.74, 6) is 0. The standard InChI is InChI=1S/C12H17NO2/c1-10-4-2-7-13(12(10)14)8-6-11-5-3-9-15-11/h2,4,7,11H,3,5-6,8-9H2,1H3. The molecule has 0 bridgehead atoms. The first-order chi connectivity index (χ1) is 7.27. The zero-order chi connectivity index (χ0) is 10.7. The van der Waals surface area contributed by atoms with Crippen molar-refractivity contribution in [2.24, 2.45) is 0 Å². The number of aryl methyl sites for hydroxylation is 2. The summed E-state index contributed by atoms with van der Waals surface area (Å²) >= 11 is 0. The molecule has 2 heterocycles. The van der Waals surface area contributed by atoms with Crippen LogP contribution in [0, 0.1) is 6.92 Å². The highest BCUT2D eigenvalue weighted by atomic mass is 16.5. The Hall–Kier alpha value is -1.09. The third kappa shape index (κ3) is 2.48. The minimum atomic E-state index is 0.121. The highest BCUT2D eigenvalue weighted by Crippen LogP contribution is 2.15. The molecule has 0 N–H and O–H groups in total. The maximum absolute atomic E-state index is 11.7. The average Bonchev–Trinajstić information content (AvgIpc) is 2.73. The number of ether oxygens (including phenoxy) is 1. The highest BCUT2D eigenvalue weighted by molar-refractivity contribution is 5.07. The second-order valence-electron chi connectivity index (χ2n) is 4.11. The van der Waals surface area contributed by atoms with Crippen molar-refractivity contribution in [2.45, 2.75) is 38.8 Å². The average molecular weight is 207 g/mol. The third-order valence-corrected chi connectivity index (χ3v) is 2.93. The number of pyridine rings is 1. The molecule has 82 valence electrons. The molecule has 2 rings (SSSR count). The predicted octanol–water partition coefficient (Wildman–Crippen LogP) is 1.73. The summed E-state index contributed by atoms with van der Waals surface area (Å²) in [6.07, 6.45) is 5.46. The van der Waals surface area contributed by atoms with Crippen LogP contribution < -0.4 is 5.56 Å². The van der Waals surface area contributed by atoms with Gasteiger partial charge in [-0.3, -0.25) is 4.79 Å². The van der Waals surface area contributed by atoms with Crippen molar-refractivity contribution >= 4 is 0 Å². The number of hydrogen-bond acceptors (Lipinski definition) is 2. The monoisotopic (exact) mass is 207 g/mol. The second kappa shape index (κ2) is 4.62. The van der Waals surface area contributed by atoms with E-state index in [-0.39, 0.29) is 5.56 Å². The summed E-state index contributed by atoms with van der Waals surface area (Å²) < 4.78 is 7.30. The van der Waals surface area contributed by atoms with Crippen LogP contribution in [-0.4, -0.2) is 17.3 Å². The van der Waals surface area contributed by atoms with Crippen LogP contribution in [0.3, 0.4) is 0 Å². The van der Waals surface area contributed by atoms with Gasteiger partial charge >= 0.3 is 0 Å². The first-order valence-corrected chi connectivity index (χ1v) is 5.55. The Labute approximate surface area is 89.7 Å². The quantitative estimate of drug-likeness (QED) is 0.755. The number of aromatic nitrogens is 1. The van der Waals surface area contributed by atoms with E-state index in [2.05, 4.69) is 0 Å². The van der Waals surface area contributed by atoms with Crippen LogP contribution in [0.15, 0.2) is 23.1 Å². The van der Waals surface area contributed by atoms with Crippen molar-refractivity contribution in [1.82, 2.24) is 4.57 Å². The summed E-state index contributed by atoms with van der Waals surface area (Å²) in [6.45, 7) is 3.50. The lowest BCUT2D eigenvalue weighted by atomic mass is 10.2. The Morgan fingerprint density at radius 2 is 2.47 bits per heavy atom. The van der Waals surface area contributed by atoms with Gasteiger partial charge in [-0.05, 0) is 32.3 Å². The van der Waals surface area contributed by atoms with Crippen LogP contribution in [0.1, 0.15) is 24.8 Å². The van der Waals surface area contributed by atoms with Gasteiger partial charge in [-0.2, -0.15) is 0 Å². The molecule has 15 heavy (non-hydrogen) atoms. The molecule has 1 saturated heterocycles.